The van der Waals surface area contributed by atoms with Gasteiger partial charge >= 0.3 is 5.97 Å². The Hall–Kier alpha value is -4.34. The predicted molar refractivity (Wildman–Crippen MR) is 159 cm³/mol. The molecule has 0 amide bonds. The molecule has 9 nitrogen and oxygen atoms in total. The molecule has 1 atom stereocenters. The van der Waals surface area contributed by atoms with Gasteiger partial charge in [0.1, 0.15) is 12.4 Å². The Morgan fingerprint density at radius 2 is 1.83 bits per heavy atom. The van der Waals surface area contributed by atoms with E-state index in [0.29, 0.717) is 31.5 Å². The zero-order valence-electron chi connectivity index (χ0n) is 23.4. The summed E-state index contributed by atoms with van der Waals surface area (Å²) in [6, 6.07) is 21.3. The van der Waals surface area contributed by atoms with Gasteiger partial charge in [-0.3, -0.25) is 9.88 Å². The van der Waals surface area contributed by atoms with Crippen LogP contribution in [0, 0.1) is 0 Å². The van der Waals surface area contributed by atoms with Gasteiger partial charge in [-0.2, -0.15) is 0 Å². The summed E-state index contributed by atoms with van der Waals surface area (Å²) in [5.41, 5.74) is 5.08. The number of ether oxygens (including phenoxy) is 2. The largest absolute Gasteiger partial charge is 0.478 e. The molecule has 2 fully saturated rings. The van der Waals surface area contributed by atoms with E-state index >= 15 is 0 Å². The van der Waals surface area contributed by atoms with Crippen molar-refractivity contribution >= 4 is 27.9 Å². The van der Waals surface area contributed by atoms with Crippen molar-refractivity contribution in [2.45, 2.75) is 51.0 Å². The molecule has 1 N–H and O–H groups in total. The van der Waals surface area contributed by atoms with E-state index in [1.54, 1.807) is 12.1 Å². The molecule has 0 spiro atoms. The lowest BCUT2D eigenvalue weighted by atomic mass is 9.93. The van der Waals surface area contributed by atoms with Crippen molar-refractivity contribution in [2.75, 3.05) is 19.7 Å². The number of hydrogen-bond donors (Lipinski definition) is 1. The van der Waals surface area contributed by atoms with Crippen LogP contribution in [0.5, 0.6) is 5.88 Å². The normalized spacial score (nSPS) is 17.9. The van der Waals surface area contributed by atoms with Crippen LogP contribution in [0.15, 0.2) is 72.9 Å². The number of pyridine rings is 2. The van der Waals surface area contributed by atoms with E-state index in [4.69, 9.17) is 19.4 Å². The number of hydrogen-bond acceptors (Lipinski definition) is 7. The minimum Gasteiger partial charge on any atom is -0.478 e. The fraction of sp³-hybridized carbons (Fsp3) is 0.333. The van der Waals surface area contributed by atoms with Crippen molar-refractivity contribution in [1.29, 1.82) is 0 Å². The molecule has 9 heteroatoms. The minimum atomic E-state index is -0.929. The highest BCUT2D eigenvalue weighted by Crippen LogP contribution is 2.30. The number of imidazole rings is 1. The highest BCUT2D eigenvalue weighted by atomic mass is 16.5. The van der Waals surface area contributed by atoms with Gasteiger partial charge in [0.15, 0.2) is 0 Å². The number of para-hydroxylation sites is 1. The first-order valence-corrected chi connectivity index (χ1v) is 14.6. The molecule has 5 heterocycles. The highest BCUT2D eigenvalue weighted by Gasteiger charge is 2.26. The third-order valence-electron chi connectivity index (χ3n) is 8.48. The molecule has 5 aromatic rings. The fourth-order valence-electron chi connectivity index (χ4n) is 6.02. The number of carboxylic acids is 1. The van der Waals surface area contributed by atoms with Crippen molar-refractivity contribution in [3.63, 3.8) is 0 Å². The molecule has 2 saturated heterocycles. The maximum atomic E-state index is 11.6. The van der Waals surface area contributed by atoms with Gasteiger partial charge in [-0.1, -0.05) is 24.3 Å². The molecular weight excluding hydrogens is 530 g/mol. The van der Waals surface area contributed by atoms with Gasteiger partial charge < -0.3 is 19.1 Å². The van der Waals surface area contributed by atoms with Gasteiger partial charge in [0.2, 0.25) is 5.88 Å². The van der Waals surface area contributed by atoms with Crippen LogP contribution in [0.4, 0.5) is 0 Å². The third kappa shape index (κ3) is 5.45. The molecule has 0 aliphatic carbocycles. The van der Waals surface area contributed by atoms with Crippen LogP contribution in [0.2, 0.25) is 0 Å². The van der Waals surface area contributed by atoms with Crippen LogP contribution < -0.4 is 4.74 Å². The number of aromatic carboxylic acids is 1. The van der Waals surface area contributed by atoms with E-state index in [9.17, 15) is 9.90 Å². The summed E-state index contributed by atoms with van der Waals surface area (Å²) < 4.78 is 14.0. The van der Waals surface area contributed by atoms with Crippen LogP contribution in [0.25, 0.3) is 21.9 Å². The number of fused-ring (bicyclic) bond motifs is 2. The zero-order valence-corrected chi connectivity index (χ0v) is 23.4. The van der Waals surface area contributed by atoms with E-state index in [1.165, 1.54) is 0 Å². The molecule has 0 bridgehead atoms. The lowest BCUT2D eigenvalue weighted by Gasteiger charge is -2.32. The average molecular weight is 564 g/mol. The van der Waals surface area contributed by atoms with Crippen LogP contribution >= 0.6 is 0 Å². The van der Waals surface area contributed by atoms with Gasteiger partial charge in [0.25, 0.3) is 0 Å². The molecule has 3 aromatic heterocycles. The average Bonchev–Trinajstić information content (AvgIpc) is 3.34. The lowest BCUT2D eigenvalue weighted by Crippen LogP contribution is -2.35. The molecule has 2 aliphatic heterocycles. The third-order valence-corrected chi connectivity index (χ3v) is 8.48. The van der Waals surface area contributed by atoms with Crippen LogP contribution in [0.3, 0.4) is 0 Å². The van der Waals surface area contributed by atoms with Crippen molar-refractivity contribution < 1.29 is 19.4 Å². The molecular formula is C33H33N5O4. The summed E-state index contributed by atoms with van der Waals surface area (Å²) in [7, 11) is 0. The molecule has 0 radical (unpaired) electrons. The number of piperidine rings is 1. The lowest BCUT2D eigenvalue weighted by molar-refractivity contribution is -0.0592. The van der Waals surface area contributed by atoms with Gasteiger partial charge in [0, 0.05) is 41.4 Å². The second-order valence-corrected chi connectivity index (χ2v) is 11.2. The molecule has 7 rings (SSSR count). The molecule has 214 valence electrons. The molecule has 2 aliphatic rings. The number of likely N-dealkylation sites (tertiary alicyclic amines) is 1. The van der Waals surface area contributed by atoms with E-state index < -0.39 is 5.97 Å². The Labute approximate surface area is 243 Å². The monoisotopic (exact) mass is 563 g/mol. The van der Waals surface area contributed by atoms with Crippen molar-refractivity contribution in [1.82, 2.24) is 24.4 Å². The molecule has 2 aromatic carbocycles. The Morgan fingerprint density at radius 3 is 2.64 bits per heavy atom. The standard InChI is InChI=1S/C33H33N5O4/c39-33(40)23-8-9-29-30(18-23)38(19-25-13-17-41-25)31(35-29)20-37-15-11-22(12-16-37)27-6-3-7-32(36-27)42-21-24-10-14-34-28-5-2-1-4-26(24)28/h1-10,14,18,22,25H,11-13,15-17,19-21H2,(H,39,40)/t25-/m0/s1. The first kappa shape index (κ1) is 26.6. The van der Waals surface area contributed by atoms with Crippen LogP contribution in [-0.2, 0) is 24.4 Å². The molecule has 0 saturated carbocycles. The van der Waals surface area contributed by atoms with E-state index in [0.717, 1.165) is 78.0 Å². The van der Waals surface area contributed by atoms with Crippen LogP contribution in [0.1, 0.15) is 52.6 Å². The number of carbonyl (C=O) groups is 1. The number of aromatic nitrogens is 4. The zero-order chi connectivity index (χ0) is 28.5. The number of benzene rings is 2. The van der Waals surface area contributed by atoms with Gasteiger partial charge in [-0.25, -0.2) is 14.8 Å². The second kappa shape index (κ2) is 11.5. The summed E-state index contributed by atoms with van der Waals surface area (Å²) in [5, 5.41) is 10.6. The summed E-state index contributed by atoms with van der Waals surface area (Å²) >= 11 is 0. The number of nitrogens with zero attached hydrogens (tertiary/aromatic N) is 5. The predicted octanol–water partition coefficient (Wildman–Crippen LogP) is 5.43. The summed E-state index contributed by atoms with van der Waals surface area (Å²) in [6.07, 6.45) is 4.99. The number of carboxylic acid groups (broad SMARTS) is 1. The maximum Gasteiger partial charge on any atom is 0.335 e. The van der Waals surface area contributed by atoms with Gasteiger partial charge in [-0.15, -0.1) is 0 Å². The van der Waals surface area contributed by atoms with Crippen molar-refractivity contribution in [3.8, 4) is 5.88 Å². The maximum absolute atomic E-state index is 11.6. The fourth-order valence-corrected chi connectivity index (χ4v) is 6.02. The minimum absolute atomic E-state index is 0.151. The SMILES string of the molecule is O=C(O)c1ccc2nc(CN3CCC(c4cccc(OCc5ccnc6ccccc56)n4)CC3)n(C[C@@H]3CCO3)c2c1. The van der Waals surface area contributed by atoms with E-state index in [2.05, 4.69) is 26.6 Å². The smallest absolute Gasteiger partial charge is 0.335 e. The van der Waals surface area contributed by atoms with Crippen LogP contribution in [-0.4, -0.2) is 61.3 Å². The van der Waals surface area contributed by atoms with E-state index in [-0.39, 0.29) is 11.7 Å². The molecule has 0 unspecified atom stereocenters. The highest BCUT2D eigenvalue weighted by molar-refractivity contribution is 5.92. The van der Waals surface area contributed by atoms with Gasteiger partial charge in [-0.05, 0) is 68.8 Å². The summed E-state index contributed by atoms with van der Waals surface area (Å²) in [6.45, 7) is 4.50. The first-order chi connectivity index (χ1) is 20.6. The first-order valence-electron chi connectivity index (χ1n) is 14.6. The topological polar surface area (TPSA) is 103 Å². The molecule has 42 heavy (non-hydrogen) atoms. The van der Waals surface area contributed by atoms with Gasteiger partial charge in [0.05, 0.1) is 41.3 Å². The Kier molecular flexibility index (Phi) is 7.27. The summed E-state index contributed by atoms with van der Waals surface area (Å²) in [5.74, 6) is 1.04. The Balaban J connectivity index is 1.01. The quantitative estimate of drug-likeness (QED) is 0.254. The Bertz CT molecular complexity index is 1730. The second-order valence-electron chi connectivity index (χ2n) is 11.2. The van der Waals surface area contributed by atoms with E-state index in [1.807, 2.05) is 48.7 Å². The van der Waals surface area contributed by atoms with Crippen molar-refractivity contribution in [3.05, 3.63) is 95.6 Å². The Morgan fingerprint density at radius 1 is 0.976 bits per heavy atom. The summed E-state index contributed by atoms with van der Waals surface area (Å²) in [4.78, 5) is 28.3. The number of rotatable bonds is 9. The van der Waals surface area contributed by atoms with Crippen molar-refractivity contribution in [2.24, 2.45) is 0 Å².